The van der Waals surface area contributed by atoms with Crippen molar-refractivity contribution < 1.29 is 0 Å². The molecule has 0 bridgehead atoms. The van der Waals surface area contributed by atoms with Gasteiger partial charge in [-0.1, -0.05) is 34.6 Å². The van der Waals surface area contributed by atoms with E-state index in [1.54, 1.807) is 0 Å². The molecule has 1 heteroatoms. The zero-order valence-electron chi connectivity index (χ0n) is 8.73. The standard InChI is InChI=1S/C10H21N/c1-7-11-9(8(2)3)10(4,5)6/h8H,7H2,1-6H3. The van der Waals surface area contributed by atoms with Crippen molar-refractivity contribution in [1.29, 1.82) is 0 Å². The first-order valence-electron chi connectivity index (χ1n) is 4.44. The van der Waals surface area contributed by atoms with Crippen molar-refractivity contribution in [3.05, 3.63) is 0 Å². The van der Waals surface area contributed by atoms with Crippen LogP contribution in [-0.4, -0.2) is 12.3 Å². The van der Waals surface area contributed by atoms with Gasteiger partial charge in [0.15, 0.2) is 0 Å². The lowest BCUT2D eigenvalue weighted by Crippen LogP contribution is -2.25. The van der Waals surface area contributed by atoms with Crippen LogP contribution in [0.1, 0.15) is 41.5 Å². The van der Waals surface area contributed by atoms with Crippen LogP contribution >= 0.6 is 0 Å². The molecule has 0 fully saturated rings. The molecule has 0 atom stereocenters. The molecule has 0 aliphatic heterocycles. The molecular formula is C10H21N. The monoisotopic (exact) mass is 155 g/mol. The average Bonchev–Trinajstić information content (AvgIpc) is 1.79. The topological polar surface area (TPSA) is 12.4 Å². The molecule has 0 aromatic heterocycles. The Bertz CT molecular complexity index is 137. The largest absolute Gasteiger partial charge is 0.294 e. The smallest absolute Gasteiger partial charge is 0.0360 e. The fraction of sp³-hybridized carbons (Fsp3) is 0.900. The Labute approximate surface area is 70.9 Å². The van der Waals surface area contributed by atoms with Gasteiger partial charge in [0.2, 0.25) is 0 Å². The highest BCUT2D eigenvalue weighted by molar-refractivity contribution is 5.90. The van der Waals surface area contributed by atoms with Gasteiger partial charge in [0.05, 0.1) is 0 Å². The van der Waals surface area contributed by atoms with E-state index in [1.165, 1.54) is 5.71 Å². The molecule has 0 aliphatic carbocycles. The first kappa shape index (κ1) is 10.7. The minimum atomic E-state index is 0.240. The van der Waals surface area contributed by atoms with E-state index in [0.717, 1.165) is 6.54 Å². The van der Waals surface area contributed by atoms with Gasteiger partial charge in [-0.25, -0.2) is 0 Å². The van der Waals surface area contributed by atoms with Gasteiger partial charge in [0.25, 0.3) is 0 Å². The second-order valence-electron chi connectivity index (χ2n) is 4.26. The molecule has 0 saturated heterocycles. The second-order valence-corrected chi connectivity index (χ2v) is 4.26. The van der Waals surface area contributed by atoms with Crippen molar-refractivity contribution in [2.45, 2.75) is 41.5 Å². The zero-order valence-corrected chi connectivity index (χ0v) is 8.73. The fourth-order valence-corrected chi connectivity index (χ4v) is 1.46. The average molecular weight is 155 g/mol. The molecule has 0 N–H and O–H groups in total. The van der Waals surface area contributed by atoms with Gasteiger partial charge >= 0.3 is 0 Å². The highest BCUT2D eigenvalue weighted by Crippen LogP contribution is 2.21. The van der Waals surface area contributed by atoms with Crippen LogP contribution in [0.5, 0.6) is 0 Å². The van der Waals surface area contributed by atoms with E-state index in [2.05, 4.69) is 46.5 Å². The lowest BCUT2D eigenvalue weighted by molar-refractivity contribution is 0.552. The molecule has 0 aromatic carbocycles. The molecule has 0 aliphatic rings. The molecule has 0 radical (unpaired) electrons. The number of hydrogen-bond donors (Lipinski definition) is 0. The van der Waals surface area contributed by atoms with Crippen molar-refractivity contribution in [2.24, 2.45) is 16.3 Å². The van der Waals surface area contributed by atoms with Crippen LogP contribution in [0.2, 0.25) is 0 Å². The van der Waals surface area contributed by atoms with E-state index >= 15 is 0 Å². The number of hydrogen-bond acceptors (Lipinski definition) is 1. The summed E-state index contributed by atoms with van der Waals surface area (Å²) in [5.74, 6) is 0.579. The van der Waals surface area contributed by atoms with Crippen LogP contribution in [0.25, 0.3) is 0 Å². The van der Waals surface area contributed by atoms with E-state index in [1.807, 2.05) is 0 Å². The molecule has 1 nitrogen and oxygen atoms in total. The fourth-order valence-electron chi connectivity index (χ4n) is 1.46. The minimum absolute atomic E-state index is 0.240. The summed E-state index contributed by atoms with van der Waals surface area (Å²) in [4.78, 5) is 4.51. The van der Waals surface area contributed by atoms with Gasteiger partial charge in [0.1, 0.15) is 0 Å². The molecular weight excluding hydrogens is 134 g/mol. The van der Waals surface area contributed by atoms with Crippen LogP contribution < -0.4 is 0 Å². The van der Waals surface area contributed by atoms with E-state index in [-0.39, 0.29) is 5.41 Å². The van der Waals surface area contributed by atoms with Crippen LogP contribution in [0, 0.1) is 11.3 Å². The van der Waals surface area contributed by atoms with Crippen LogP contribution in [-0.2, 0) is 0 Å². The molecule has 0 saturated carbocycles. The van der Waals surface area contributed by atoms with Gasteiger partial charge in [-0.15, -0.1) is 0 Å². The Balaban J connectivity index is 4.49. The SMILES string of the molecule is CCN=C(C(C)C)C(C)(C)C. The number of rotatable bonds is 2. The molecule has 0 aromatic rings. The molecule has 0 rings (SSSR count). The number of nitrogens with zero attached hydrogens (tertiary/aromatic N) is 1. The van der Waals surface area contributed by atoms with Crippen LogP contribution in [0.4, 0.5) is 0 Å². The summed E-state index contributed by atoms with van der Waals surface area (Å²) in [7, 11) is 0. The van der Waals surface area contributed by atoms with E-state index in [0.29, 0.717) is 5.92 Å². The predicted molar refractivity (Wildman–Crippen MR) is 52.3 cm³/mol. The van der Waals surface area contributed by atoms with Crippen molar-refractivity contribution in [3.63, 3.8) is 0 Å². The van der Waals surface area contributed by atoms with Crippen molar-refractivity contribution in [1.82, 2.24) is 0 Å². The first-order chi connectivity index (χ1) is 4.89. The molecule has 0 amide bonds. The third kappa shape index (κ3) is 3.54. The van der Waals surface area contributed by atoms with E-state index in [4.69, 9.17) is 0 Å². The Morgan fingerprint density at radius 3 is 1.82 bits per heavy atom. The highest BCUT2D eigenvalue weighted by atomic mass is 14.7. The Kier molecular flexibility index (Phi) is 3.77. The maximum absolute atomic E-state index is 4.51. The van der Waals surface area contributed by atoms with Crippen LogP contribution in [0.15, 0.2) is 4.99 Å². The summed E-state index contributed by atoms with van der Waals surface area (Å²) in [6, 6.07) is 0. The molecule has 0 heterocycles. The molecule has 66 valence electrons. The molecule has 11 heavy (non-hydrogen) atoms. The second kappa shape index (κ2) is 3.89. The number of aliphatic imine (C=N–C) groups is 1. The predicted octanol–water partition coefficient (Wildman–Crippen LogP) is 3.15. The Morgan fingerprint density at radius 2 is 1.73 bits per heavy atom. The van der Waals surface area contributed by atoms with E-state index in [9.17, 15) is 0 Å². The summed E-state index contributed by atoms with van der Waals surface area (Å²) in [6.07, 6.45) is 0. The maximum Gasteiger partial charge on any atom is 0.0360 e. The lowest BCUT2D eigenvalue weighted by Gasteiger charge is -2.24. The molecule has 0 unspecified atom stereocenters. The van der Waals surface area contributed by atoms with Gasteiger partial charge in [-0.2, -0.15) is 0 Å². The summed E-state index contributed by atoms with van der Waals surface area (Å²) in [5, 5.41) is 0. The summed E-state index contributed by atoms with van der Waals surface area (Å²) >= 11 is 0. The van der Waals surface area contributed by atoms with Crippen molar-refractivity contribution in [2.75, 3.05) is 6.54 Å². The van der Waals surface area contributed by atoms with Crippen molar-refractivity contribution in [3.8, 4) is 0 Å². The Hall–Kier alpha value is -0.330. The third-order valence-electron chi connectivity index (χ3n) is 1.64. The first-order valence-corrected chi connectivity index (χ1v) is 4.44. The summed E-state index contributed by atoms with van der Waals surface area (Å²) in [6.45, 7) is 14.1. The van der Waals surface area contributed by atoms with Gasteiger partial charge < -0.3 is 0 Å². The van der Waals surface area contributed by atoms with Gasteiger partial charge in [-0.3, -0.25) is 4.99 Å². The molecule has 0 spiro atoms. The quantitative estimate of drug-likeness (QED) is 0.543. The normalized spacial score (nSPS) is 14.3. The van der Waals surface area contributed by atoms with Gasteiger partial charge in [-0.05, 0) is 12.8 Å². The summed E-state index contributed by atoms with van der Waals surface area (Å²) < 4.78 is 0. The van der Waals surface area contributed by atoms with Crippen molar-refractivity contribution >= 4 is 5.71 Å². The van der Waals surface area contributed by atoms with Gasteiger partial charge in [0, 0.05) is 17.7 Å². The minimum Gasteiger partial charge on any atom is -0.294 e. The van der Waals surface area contributed by atoms with Crippen LogP contribution in [0.3, 0.4) is 0 Å². The maximum atomic E-state index is 4.51. The summed E-state index contributed by atoms with van der Waals surface area (Å²) in [5.41, 5.74) is 1.57. The third-order valence-corrected chi connectivity index (χ3v) is 1.64. The highest BCUT2D eigenvalue weighted by Gasteiger charge is 2.20. The lowest BCUT2D eigenvalue weighted by atomic mass is 9.83. The van der Waals surface area contributed by atoms with E-state index < -0.39 is 0 Å². The Morgan fingerprint density at radius 1 is 1.27 bits per heavy atom. The zero-order chi connectivity index (χ0) is 9.07.